The zero-order valence-electron chi connectivity index (χ0n) is 12.4. The summed E-state index contributed by atoms with van der Waals surface area (Å²) < 4.78 is 3.00. The van der Waals surface area contributed by atoms with E-state index in [-0.39, 0.29) is 11.9 Å². The summed E-state index contributed by atoms with van der Waals surface area (Å²) in [5.41, 5.74) is 0.757. The van der Waals surface area contributed by atoms with Crippen LogP contribution < -0.4 is 5.32 Å². The summed E-state index contributed by atoms with van der Waals surface area (Å²) in [6.45, 7) is 8.35. The number of likely N-dealkylation sites (tertiary alicyclic amines) is 1. The fourth-order valence-corrected chi connectivity index (χ4v) is 3.27. The lowest BCUT2D eigenvalue weighted by Crippen LogP contribution is -2.47. The standard InChI is InChI=1S/C15H24BrN3O/c1-3-7-19-10-12(16)9-14(19)15(20)17-13-6-5-8-18(4-2)11-13/h9-10,13H,3-8,11H2,1-2H3,(H,17,20). The number of amides is 1. The van der Waals surface area contributed by atoms with Gasteiger partial charge >= 0.3 is 0 Å². The third kappa shape index (κ3) is 3.85. The molecule has 0 spiro atoms. The topological polar surface area (TPSA) is 37.3 Å². The normalized spacial score (nSPS) is 20.1. The van der Waals surface area contributed by atoms with Crippen LogP contribution in [0.25, 0.3) is 0 Å². The van der Waals surface area contributed by atoms with Gasteiger partial charge in [0.25, 0.3) is 5.91 Å². The molecule has 1 atom stereocenters. The fraction of sp³-hybridized carbons (Fsp3) is 0.667. The van der Waals surface area contributed by atoms with Crippen LogP contribution in [0.5, 0.6) is 0 Å². The summed E-state index contributed by atoms with van der Waals surface area (Å²) in [4.78, 5) is 14.8. The summed E-state index contributed by atoms with van der Waals surface area (Å²) in [6, 6.07) is 2.19. The summed E-state index contributed by atoms with van der Waals surface area (Å²) in [5.74, 6) is 0.0482. The SMILES string of the molecule is CCCn1cc(Br)cc1C(=O)NC1CCCN(CC)C1. The van der Waals surface area contributed by atoms with E-state index in [0.29, 0.717) is 0 Å². The minimum atomic E-state index is 0.0482. The maximum absolute atomic E-state index is 12.4. The Bertz CT molecular complexity index is 458. The lowest BCUT2D eigenvalue weighted by Gasteiger charge is -2.32. The van der Waals surface area contributed by atoms with Gasteiger partial charge in [-0.15, -0.1) is 0 Å². The van der Waals surface area contributed by atoms with Crippen LogP contribution in [0.15, 0.2) is 16.7 Å². The molecule has 0 aromatic carbocycles. The van der Waals surface area contributed by atoms with Gasteiger partial charge in [-0.3, -0.25) is 4.79 Å². The first-order valence-corrected chi connectivity index (χ1v) is 8.32. The van der Waals surface area contributed by atoms with E-state index in [9.17, 15) is 4.79 Å². The number of carbonyl (C=O) groups excluding carboxylic acids is 1. The fourth-order valence-electron chi connectivity index (χ4n) is 2.81. The van der Waals surface area contributed by atoms with Crippen LogP contribution in [0.2, 0.25) is 0 Å². The number of hydrogen-bond donors (Lipinski definition) is 1. The van der Waals surface area contributed by atoms with Gasteiger partial charge in [0.05, 0.1) is 0 Å². The summed E-state index contributed by atoms with van der Waals surface area (Å²) >= 11 is 3.46. The molecule has 0 radical (unpaired) electrons. The Labute approximate surface area is 129 Å². The second kappa shape index (κ2) is 7.27. The number of piperidine rings is 1. The Kier molecular flexibility index (Phi) is 5.66. The van der Waals surface area contributed by atoms with E-state index in [4.69, 9.17) is 0 Å². The molecule has 1 fully saturated rings. The number of aromatic nitrogens is 1. The van der Waals surface area contributed by atoms with E-state index < -0.39 is 0 Å². The molecule has 1 saturated heterocycles. The molecule has 0 aliphatic carbocycles. The van der Waals surface area contributed by atoms with Crippen molar-refractivity contribution in [2.75, 3.05) is 19.6 Å². The molecule has 1 aromatic heterocycles. The zero-order chi connectivity index (χ0) is 14.5. The lowest BCUT2D eigenvalue weighted by molar-refractivity contribution is 0.0896. The first kappa shape index (κ1) is 15.6. The Morgan fingerprint density at radius 3 is 3.00 bits per heavy atom. The summed E-state index contributed by atoms with van der Waals surface area (Å²) in [7, 11) is 0. The van der Waals surface area contributed by atoms with Crippen molar-refractivity contribution >= 4 is 21.8 Å². The molecule has 20 heavy (non-hydrogen) atoms. The van der Waals surface area contributed by atoms with E-state index in [2.05, 4.69) is 40.0 Å². The Morgan fingerprint density at radius 2 is 2.30 bits per heavy atom. The van der Waals surface area contributed by atoms with Gasteiger partial charge in [-0.05, 0) is 54.3 Å². The average Bonchev–Trinajstić information content (AvgIpc) is 2.80. The van der Waals surface area contributed by atoms with E-state index in [1.807, 2.05) is 16.8 Å². The molecule has 2 heterocycles. The molecular weight excluding hydrogens is 318 g/mol. The van der Waals surface area contributed by atoms with E-state index >= 15 is 0 Å². The van der Waals surface area contributed by atoms with Gasteiger partial charge in [0, 0.05) is 29.8 Å². The van der Waals surface area contributed by atoms with E-state index in [1.165, 1.54) is 6.42 Å². The number of carbonyl (C=O) groups is 1. The van der Waals surface area contributed by atoms with Crippen LogP contribution in [0.3, 0.4) is 0 Å². The van der Waals surface area contributed by atoms with Gasteiger partial charge < -0.3 is 14.8 Å². The van der Waals surface area contributed by atoms with Crippen LogP contribution in [0, 0.1) is 0 Å². The second-order valence-electron chi connectivity index (χ2n) is 5.44. The number of likely N-dealkylation sites (N-methyl/N-ethyl adjacent to an activating group) is 1. The molecule has 1 unspecified atom stereocenters. The molecule has 1 aliphatic rings. The highest BCUT2D eigenvalue weighted by molar-refractivity contribution is 9.10. The van der Waals surface area contributed by atoms with Crippen LogP contribution in [0.1, 0.15) is 43.6 Å². The molecule has 1 N–H and O–H groups in total. The van der Waals surface area contributed by atoms with E-state index in [1.54, 1.807) is 0 Å². The molecule has 5 heteroatoms. The number of nitrogens with one attached hydrogen (secondary N) is 1. The average molecular weight is 342 g/mol. The molecule has 2 rings (SSSR count). The third-order valence-corrected chi connectivity index (χ3v) is 4.28. The Morgan fingerprint density at radius 1 is 1.50 bits per heavy atom. The van der Waals surface area contributed by atoms with Gasteiger partial charge in [0.2, 0.25) is 0 Å². The van der Waals surface area contributed by atoms with Crippen molar-refractivity contribution < 1.29 is 4.79 Å². The van der Waals surface area contributed by atoms with Gasteiger partial charge in [-0.25, -0.2) is 0 Å². The van der Waals surface area contributed by atoms with Crippen LogP contribution in [0.4, 0.5) is 0 Å². The van der Waals surface area contributed by atoms with Crippen molar-refractivity contribution in [1.29, 1.82) is 0 Å². The molecule has 1 aromatic rings. The van der Waals surface area contributed by atoms with Crippen molar-refractivity contribution in [2.45, 2.75) is 45.7 Å². The number of aryl methyl sites for hydroxylation is 1. The number of nitrogens with zero attached hydrogens (tertiary/aromatic N) is 2. The minimum Gasteiger partial charge on any atom is -0.347 e. The maximum Gasteiger partial charge on any atom is 0.268 e. The van der Waals surface area contributed by atoms with Crippen molar-refractivity contribution in [3.63, 3.8) is 0 Å². The molecular formula is C15H24BrN3O. The number of hydrogen-bond acceptors (Lipinski definition) is 2. The van der Waals surface area contributed by atoms with Crippen LogP contribution in [-0.4, -0.2) is 41.1 Å². The molecule has 1 aliphatic heterocycles. The van der Waals surface area contributed by atoms with E-state index in [0.717, 1.165) is 49.2 Å². The summed E-state index contributed by atoms with van der Waals surface area (Å²) in [6.07, 6.45) is 5.25. The lowest BCUT2D eigenvalue weighted by atomic mass is 10.1. The smallest absolute Gasteiger partial charge is 0.268 e. The van der Waals surface area contributed by atoms with Crippen molar-refractivity contribution in [1.82, 2.24) is 14.8 Å². The Hall–Kier alpha value is -0.810. The number of rotatable bonds is 5. The maximum atomic E-state index is 12.4. The number of halogens is 1. The predicted molar refractivity (Wildman–Crippen MR) is 85.0 cm³/mol. The largest absolute Gasteiger partial charge is 0.347 e. The monoisotopic (exact) mass is 341 g/mol. The van der Waals surface area contributed by atoms with Crippen LogP contribution >= 0.6 is 15.9 Å². The predicted octanol–water partition coefficient (Wildman–Crippen LogP) is 2.87. The van der Waals surface area contributed by atoms with Gasteiger partial charge in [0.15, 0.2) is 0 Å². The molecule has 0 saturated carbocycles. The Balaban J connectivity index is 2.00. The quantitative estimate of drug-likeness (QED) is 0.893. The first-order valence-electron chi connectivity index (χ1n) is 7.53. The molecule has 112 valence electrons. The highest BCUT2D eigenvalue weighted by Crippen LogP contribution is 2.17. The second-order valence-corrected chi connectivity index (χ2v) is 6.36. The molecule has 1 amide bonds. The van der Waals surface area contributed by atoms with Crippen LogP contribution in [-0.2, 0) is 6.54 Å². The van der Waals surface area contributed by atoms with Crippen molar-refractivity contribution in [3.05, 3.63) is 22.4 Å². The third-order valence-electron chi connectivity index (χ3n) is 3.85. The zero-order valence-corrected chi connectivity index (χ0v) is 13.9. The van der Waals surface area contributed by atoms with Gasteiger partial charge in [0.1, 0.15) is 5.69 Å². The highest BCUT2D eigenvalue weighted by atomic mass is 79.9. The highest BCUT2D eigenvalue weighted by Gasteiger charge is 2.22. The molecule has 4 nitrogen and oxygen atoms in total. The first-order chi connectivity index (χ1) is 9.63. The molecule has 0 bridgehead atoms. The van der Waals surface area contributed by atoms with Gasteiger partial charge in [-0.1, -0.05) is 13.8 Å². The minimum absolute atomic E-state index is 0.0482. The van der Waals surface area contributed by atoms with Crippen molar-refractivity contribution in [3.8, 4) is 0 Å². The van der Waals surface area contributed by atoms with Gasteiger partial charge in [-0.2, -0.15) is 0 Å². The summed E-state index contributed by atoms with van der Waals surface area (Å²) in [5, 5.41) is 3.19. The van der Waals surface area contributed by atoms with Crippen molar-refractivity contribution in [2.24, 2.45) is 0 Å².